The van der Waals surface area contributed by atoms with Crippen LogP contribution in [0, 0.1) is 12.3 Å². The van der Waals surface area contributed by atoms with Crippen LogP contribution in [0.25, 0.3) is 11.4 Å². The van der Waals surface area contributed by atoms with Crippen molar-refractivity contribution in [2.24, 2.45) is 12.5 Å². The fourth-order valence-corrected chi connectivity index (χ4v) is 7.10. The molecule has 2 amide bonds. The molecular formula is C37H44N8O5. The Morgan fingerprint density at radius 1 is 0.900 bits per heavy atom. The molecule has 0 spiro atoms. The summed E-state index contributed by atoms with van der Waals surface area (Å²) in [7, 11) is 3.07. The van der Waals surface area contributed by atoms with Crippen molar-refractivity contribution < 1.29 is 19.1 Å². The van der Waals surface area contributed by atoms with Gasteiger partial charge in [-0.3, -0.25) is 23.7 Å². The first-order chi connectivity index (χ1) is 23.9. The predicted molar refractivity (Wildman–Crippen MR) is 188 cm³/mol. The van der Waals surface area contributed by atoms with E-state index in [0.29, 0.717) is 74.2 Å². The monoisotopic (exact) mass is 680 g/mol. The van der Waals surface area contributed by atoms with Crippen molar-refractivity contribution in [3.05, 3.63) is 93.8 Å². The molecule has 0 saturated carbocycles. The highest BCUT2D eigenvalue weighted by atomic mass is 16.5. The van der Waals surface area contributed by atoms with Gasteiger partial charge in [0.25, 0.3) is 17.4 Å². The van der Waals surface area contributed by atoms with Gasteiger partial charge in [0.05, 0.1) is 18.5 Å². The number of carbonyl (C=O) groups excluding carboxylic acids is 3. The van der Waals surface area contributed by atoms with Crippen LogP contribution in [0.4, 0.5) is 5.95 Å². The van der Waals surface area contributed by atoms with Crippen LogP contribution in [0.1, 0.15) is 43.1 Å². The molecule has 0 bridgehead atoms. The van der Waals surface area contributed by atoms with Gasteiger partial charge in [-0.2, -0.15) is 0 Å². The number of piperazine rings is 2. The highest BCUT2D eigenvalue weighted by Crippen LogP contribution is 2.41. The van der Waals surface area contributed by atoms with Crippen molar-refractivity contribution in [3.8, 4) is 11.4 Å². The van der Waals surface area contributed by atoms with Crippen molar-refractivity contribution in [2.45, 2.75) is 46.2 Å². The molecule has 1 aliphatic carbocycles. The average Bonchev–Trinajstić information content (AvgIpc) is 3.13. The van der Waals surface area contributed by atoms with E-state index >= 15 is 0 Å². The Morgan fingerprint density at radius 3 is 2.18 bits per heavy atom. The van der Waals surface area contributed by atoms with Crippen molar-refractivity contribution in [1.82, 2.24) is 34.2 Å². The Kier molecular flexibility index (Phi) is 9.59. The van der Waals surface area contributed by atoms with Gasteiger partial charge in [0.2, 0.25) is 5.95 Å². The minimum atomic E-state index is -0.993. The predicted octanol–water partition coefficient (Wildman–Crippen LogP) is 2.82. The third-order valence-electron chi connectivity index (χ3n) is 10.1. The zero-order chi connectivity index (χ0) is 35.7. The van der Waals surface area contributed by atoms with Crippen LogP contribution in [0.15, 0.2) is 77.1 Å². The molecule has 13 heteroatoms. The second-order valence-electron chi connectivity index (χ2n) is 13.6. The zero-order valence-corrected chi connectivity index (χ0v) is 29.5. The van der Waals surface area contributed by atoms with E-state index in [1.165, 1.54) is 24.1 Å². The summed E-state index contributed by atoms with van der Waals surface area (Å²) in [5.74, 6) is -0.0164. The van der Waals surface area contributed by atoms with Crippen molar-refractivity contribution >= 4 is 23.7 Å². The van der Waals surface area contributed by atoms with Crippen LogP contribution in [-0.4, -0.2) is 110 Å². The number of ether oxygens (including phenoxy) is 1. The van der Waals surface area contributed by atoms with Crippen LogP contribution < -0.4 is 10.5 Å². The minimum Gasteiger partial charge on any atom is -0.468 e. The Labute approximate surface area is 291 Å². The summed E-state index contributed by atoms with van der Waals surface area (Å²) in [6.45, 7) is 10.7. The standard InChI is InChI=1S/C37H44N8O5/c1-24-7-9-27(10-8-24)33(47)42-15-17-44(25(2)21-42)31-19-28(11-13-37(31,4)35(49)50-6)34(48)43-16-18-45(26(3)22-43)36-40-30(20-32(46)41(36)5)29-12-14-38-23-39-29/h7-12,14,19-20,23,25-26H,13,15-18,21-22H2,1-6H3/t25-,26-,37?/m1/s1. The summed E-state index contributed by atoms with van der Waals surface area (Å²) in [6, 6.07) is 10.5. The molecule has 2 aliphatic heterocycles. The lowest BCUT2D eigenvalue weighted by atomic mass is 9.77. The van der Waals surface area contributed by atoms with Crippen LogP contribution in [0.2, 0.25) is 0 Å². The number of allylic oxidation sites excluding steroid dienone is 1. The lowest BCUT2D eigenvalue weighted by molar-refractivity contribution is -0.151. The Hall–Kier alpha value is -5.33. The minimum absolute atomic E-state index is 0.0232. The molecule has 1 aromatic carbocycles. The van der Waals surface area contributed by atoms with Crippen molar-refractivity contribution in [2.75, 3.05) is 51.3 Å². The van der Waals surface area contributed by atoms with E-state index in [9.17, 15) is 19.2 Å². The number of esters is 1. The molecule has 13 nitrogen and oxygen atoms in total. The number of methoxy groups -OCH3 is 1. The number of amides is 2. The number of anilines is 1. The molecule has 4 heterocycles. The molecule has 2 fully saturated rings. The molecule has 3 atom stereocenters. The van der Waals surface area contributed by atoms with Crippen LogP contribution in [0.3, 0.4) is 0 Å². The Morgan fingerprint density at radius 2 is 1.56 bits per heavy atom. The summed E-state index contributed by atoms with van der Waals surface area (Å²) in [4.78, 5) is 74.5. The molecule has 2 aromatic heterocycles. The summed E-state index contributed by atoms with van der Waals surface area (Å²) < 4.78 is 6.79. The number of rotatable bonds is 6. The first-order valence-electron chi connectivity index (χ1n) is 16.9. The number of aryl methyl sites for hydroxylation is 1. The third-order valence-corrected chi connectivity index (χ3v) is 10.1. The van der Waals surface area contributed by atoms with Crippen LogP contribution in [0.5, 0.6) is 0 Å². The van der Waals surface area contributed by atoms with E-state index in [0.717, 1.165) is 11.3 Å². The van der Waals surface area contributed by atoms with Gasteiger partial charge in [0.15, 0.2) is 0 Å². The van der Waals surface area contributed by atoms with E-state index in [-0.39, 0.29) is 35.4 Å². The summed E-state index contributed by atoms with van der Waals surface area (Å²) in [6.07, 6.45) is 7.00. The van der Waals surface area contributed by atoms with Gasteiger partial charge in [-0.15, -0.1) is 0 Å². The number of nitrogens with zero attached hydrogens (tertiary/aromatic N) is 8. The largest absolute Gasteiger partial charge is 0.468 e. The summed E-state index contributed by atoms with van der Waals surface area (Å²) >= 11 is 0. The van der Waals surface area contributed by atoms with E-state index < -0.39 is 5.41 Å². The average molecular weight is 681 g/mol. The Balaban J connectivity index is 1.20. The second-order valence-corrected chi connectivity index (χ2v) is 13.6. The normalized spacial score (nSPS) is 22.5. The number of hydrogen-bond acceptors (Lipinski definition) is 10. The maximum absolute atomic E-state index is 14.1. The van der Waals surface area contributed by atoms with Gasteiger partial charge in [0.1, 0.15) is 11.7 Å². The molecule has 50 heavy (non-hydrogen) atoms. The highest BCUT2D eigenvalue weighted by Gasteiger charge is 2.45. The van der Waals surface area contributed by atoms with Gasteiger partial charge in [0, 0.05) is 87.5 Å². The van der Waals surface area contributed by atoms with Crippen molar-refractivity contribution in [1.29, 1.82) is 0 Å². The topological polar surface area (TPSA) is 134 Å². The summed E-state index contributed by atoms with van der Waals surface area (Å²) in [5.41, 5.74) is 2.80. The van der Waals surface area contributed by atoms with Crippen molar-refractivity contribution in [3.63, 3.8) is 0 Å². The van der Waals surface area contributed by atoms with Gasteiger partial charge in [-0.05, 0) is 58.4 Å². The van der Waals surface area contributed by atoms with Crippen LogP contribution in [-0.2, 0) is 21.4 Å². The molecule has 3 aromatic rings. The molecule has 0 radical (unpaired) electrons. The molecule has 6 rings (SSSR count). The summed E-state index contributed by atoms with van der Waals surface area (Å²) in [5, 5.41) is 0. The van der Waals surface area contributed by atoms with E-state index in [1.807, 2.05) is 78.8 Å². The lowest BCUT2D eigenvalue weighted by Crippen LogP contribution is -2.56. The molecule has 262 valence electrons. The van der Waals surface area contributed by atoms with E-state index in [4.69, 9.17) is 9.72 Å². The maximum Gasteiger partial charge on any atom is 0.317 e. The quantitative estimate of drug-likeness (QED) is 0.358. The van der Waals surface area contributed by atoms with Gasteiger partial charge < -0.3 is 24.3 Å². The van der Waals surface area contributed by atoms with Gasteiger partial charge in [-0.1, -0.05) is 23.8 Å². The number of aromatic nitrogens is 4. The molecule has 1 unspecified atom stereocenters. The lowest BCUT2D eigenvalue weighted by Gasteiger charge is -2.47. The van der Waals surface area contributed by atoms with Gasteiger partial charge in [-0.25, -0.2) is 15.0 Å². The maximum atomic E-state index is 14.1. The third kappa shape index (κ3) is 6.51. The first-order valence-corrected chi connectivity index (χ1v) is 16.9. The first kappa shape index (κ1) is 34.5. The van der Waals surface area contributed by atoms with Crippen LogP contribution >= 0.6 is 0 Å². The van der Waals surface area contributed by atoms with E-state index in [1.54, 1.807) is 19.3 Å². The fraction of sp³-hybridized carbons (Fsp3) is 0.432. The number of carbonyl (C=O) groups is 3. The Bertz CT molecular complexity index is 1910. The fourth-order valence-electron chi connectivity index (χ4n) is 7.10. The highest BCUT2D eigenvalue weighted by molar-refractivity contribution is 5.98. The van der Waals surface area contributed by atoms with E-state index in [2.05, 4.69) is 14.9 Å². The number of hydrogen-bond donors (Lipinski definition) is 0. The smallest absolute Gasteiger partial charge is 0.317 e. The number of benzene rings is 1. The molecule has 3 aliphatic rings. The molecule has 0 N–H and O–H groups in total. The molecule has 2 saturated heterocycles. The SMILES string of the molecule is COC(=O)C1(C)CC=C(C(=O)N2CCN(c3nc(-c4ccncn4)cc(=O)n3C)[C@H](C)C2)C=C1N1CCN(C(=O)c2ccc(C)cc2)C[C@H]1C. The molecular weight excluding hydrogens is 636 g/mol. The van der Waals surface area contributed by atoms with Gasteiger partial charge >= 0.3 is 5.97 Å². The zero-order valence-electron chi connectivity index (χ0n) is 29.5. The second kappa shape index (κ2) is 13.9.